The van der Waals surface area contributed by atoms with Crippen molar-refractivity contribution in [1.29, 1.82) is 0 Å². The molecule has 0 saturated heterocycles. The fraction of sp³-hybridized carbons (Fsp3) is 0.149. The van der Waals surface area contributed by atoms with Gasteiger partial charge in [-0.05, 0) is 57.4 Å². The van der Waals surface area contributed by atoms with E-state index in [9.17, 15) is 0 Å². The molecule has 0 N–H and O–H groups in total. The molecule has 3 heterocycles. The minimum absolute atomic E-state index is 0. The van der Waals surface area contributed by atoms with Crippen molar-refractivity contribution in [2.75, 3.05) is 0 Å². The van der Waals surface area contributed by atoms with Gasteiger partial charge in [0.25, 0.3) is 0 Å². The van der Waals surface area contributed by atoms with E-state index in [1.807, 2.05) is 36.5 Å². The van der Waals surface area contributed by atoms with Crippen LogP contribution in [-0.4, -0.2) is 22.6 Å². The van der Waals surface area contributed by atoms with Crippen LogP contribution >= 0.6 is 0 Å². The Hall–Kier alpha value is -5.13. The number of fused-ring (bicyclic) bond motifs is 5. The number of aromatic nitrogens is 3. The third kappa shape index (κ3) is 7.15. The average Bonchev–Trinajstić information content (AvgIpc) is 3.73. The number of hydrogen-bond donors (Lipinski definition) is 0. The number of imidazole rings is 1. The molecule has 0 atom stereocenters. The van der Waals surface area contributed by atoms with Crippen molar-refractivity contribution in [3.63, 3.8) is 0 Å². The predicted octanol–water partition coefficient (Wildman–Crippen LogP) is 11.9. The Morgan fingerprint density at radius 3 is 2.21 bits per heavy atom. The van der Waals surface area contributed by atoms with Crippen molar-refractivity contribution < 1.29 is 24.5 Å². The molecule has 0 aliphatic rings. The maximum Gasteiger partial charge on any atom is 0.120 e. The zero-order chi connectivity index (χ0) is 36.0. The molecular formula is C47H41IrN3OSi-2. The second-order valence-electron chi connectivity index (χ2n) is 15.4. The normalized spacial score (nSPS) is 11.8. The summed E-state index contributed by atoms with van der Waals surface area (Å²) in [6.07, 6.45) is 2.03. The predicted molar refractivity (Wildman–Crippen MR) is 220 cm³/mol. The Kier molecular flexibility index (Phi) is 9.82. The van der Waals surface area contributed by atoms with E-state index in [0.717, 1.165) is 61.3 Å². The minimum Gasteiger partial charge on any atom is -0.501 e. The Bertz CT molecular complexity index is 2640. The molecule has 0 unspecified atom stereocenters. The van der Waals surface area contributed by atoms with Crippen LogP contribution in [-0.2, 0) is 25.5 Å². The van der Waals surface area contributed by atoms with Gasteiger partial charge in [0.05, 0.1) is 30.5 Å². The number of hydrogen-bond acceptors (Lipinski definition) is 3. The number of nitrogens with zero attached hydrogens (tertiary/aromatic N) is 3. The van der Waals surface area contributed by atoms with Crippen molar-refractivity contribution >= 4 is 57.0 Å². The van der Waals surface area contributed by atoms with Crippen molar-refractivity contribution in [2.45, 2.75) is 45.8 Å². The summed E-state index contributed by atoms with van der Waals surface area (Å²) in [7, 11) is -1.26. The quantitative estimate of drug-likeness (QED) is 0.131. The topological polar surface area (TPSA) is 43.9 Å². The van der Waals surface area contributed by atoms with Crippen LogP contribution in [0.1, 0.15) is 26.3 Å². The van der Waals surface area contributed by atoms with Gasteiger partial charge in [0, 0.05) is 37.4 Å². The molecule has 9 rings (SSSR count). The molecule has 4 nitrogen and oxygen atoms in total. The summed E-state index contributed by atoms with van der Waals surface area (Å²) in [6.45, 7) is 13.7. The number of para-hydroxylation sites is 3. The fourth-order valence-electron chi connectivity index (χ4n) is 6.67. The molecule has 9 aromatic rings. The van der Waals surface area contributed by atoms with Crippen LogP contribution in [0, 0.1) is 12.1 Å². The van der Waals surface area contributed by atoms with Gasteiger partial charge >= 0.3 is 0 Å². The summed E-state index contributed by atoms with van der Waals surface area (Å²) in [5.74, 6) is 0.825. The summed E-state index contributed by atoms with van der Waals surface area (Å²) in [6, 6.07) is 52.9. The Morgan fingerprint density at radius 2 is 1.47 bits per heavy atom. The molecule has 1 radical (unpaired) electrons. The SMILES string of the molecule is CC(C)(C)c1c[c-]c(-c2ccc([Si](C)(C)C)cn2)cc1.[Ir].[c-]1ccc2c(oc3ccccc32)c1-c1nc2ccccc2n1-c1ccc2ccccc2c1. The van der Waals surface area contributed by atoms with Crippen LogP contribution in [0.15, 0.2) is 144 Å². The second-order valence-corrected chi connectivity index (χ2v) is 20.5. The van der Waals surface area contributed by atoms with Crippen molar-refractivity contribution in [2.24, 2.45) is 0 Å². The van der Waals surface area contributed by atoms with Crippen LogP contribution in [0.3, 0.4) is 0 Å². The van der Waals surface area contributed by atoms with E-state index in [4.69, 9.17) is 9.40 Å². The van der Waals surface area contributed by atoms with Gasteiger partial charge in [0.1, 0.15) is 5.58 Å². The van der Waals surface area contributed by atoms with Crippen LogP contribution in [0.5, 0.6) is 0 Å². The Morgan fingerprint density at radius 1 is 0.717 bits per heavy atom. The van der Waals surface area contributed by atoms with Gasteiger partial charge < -0.3 is 14.0 Å². The average molecular weight is 884 g/mol. The number of rotatable bonds is 4. The summed E-state index contributed by atoms with van der Waals surface area (Å²) < 4.78 is 8.52. The molecule has 0 aliphatic carbocycles. The van der Waals surface area contributed by atoms with Gasteiger partial charge in [-0.3, -0.25) is 4.98 Å². The molecule has 0 bridgehead atoms. The zero-order valence-electron chi connectivity index (χ0n) is 30.9. The molecule has 53 heavy (non-hydrogen) atoms. The summed E-state index contributed by atoms with van der Waals surface area (Å²) >= 11 is 0. The van der Waals surface area contributed by atoms with Crippen molar-refractivity contribution in [3.05, 3.63) is 157 Å². The maximum atomic E-state index is 6.31. The molecule has 0 spiro atoms. The Labute approximate surface area is 325 Å². The van der Waals surface area contributed by atoms with Crippen LogP contribution < -0.4 is 5.19 Å². The molecule has 265 valence electrons. The minimum atomic E-state index is -1.26. The first kappa shape index (κ1) is 36.2. The zero-order valence-corrected chi connectivity index (χ0v) is 34.3. The van der Waals surface area contributed by atoms with E-state index < -0.39 is 8.07 Å². The van der Waals surface area contributed by atoms with Gasteiger partial charge in [-0.1, -0.05) is 124 Å². The Balaban J connectivity index is 0.000000180. The number of furan rings is 1. The fourth-order valence-corrected chi connectivity index (χ4v) is 7.71. The van der Waals surface area contributed by atoms with E-state index in [2.05, 4.69) is 165 Å². The molecule has 0 saturated carbocycles. The molecule has 0 aliphatic heterocycles. The third-order valence-corrected chi connectivity index (χ3v) is 11.7. The largest absolute Gasteiger partial charge is 0.501 e. The molecule has 6 aromatic carbocycles. The van der Waals surface area contributed by atoms with Crippen LogP contribution in [0.25, 0.3) is 72.1 Å². The molecule has 3 aromatic heterocycles. The van der Waals surface area contributed by atoms with Gasteiger partial charge in [0.15, 0.2) is 0 Å². The summed E-state index contributed by atoms with van der Waals surface area (Å²) in [5, 5.41) is 5.98. The van der Waals surface area contributed by atoms with E-state index in [-0.39, 0.29) is 25.5 Å². The molecular weight excluding hydrogens is 843 g/mol. The molecule has 0 fully saturated rings. The van der Waals surface area contributed by atoms with E-state index in [0.29, 0.717) is 0 Å². The standard InChI is InChI=1S/C29H17N2O.C18H24NSi.Ir/c1-2-9-20-18-21(17-16-19(20)8-1)31-26-14-5-4-13-25(26)30-29(31)24-12-7-11-23-22-10-3-6-15-27(22)32-28(23)24;1-18(2,3)15-9-7-14(8-10-15)17-12-11-16(13-19-17)20(4,5)6;/h1-11,13-18H;7,9-13H,1-6H3;/q2*-1;. The van der Waals surface area contributed by atoms with Gasteiger partial charge in [-0.25, -0.2) is 0 Å². The van der Waals surface area contributed by atoms with Crippen LogP contribution in [0.2, 0.25) is 19.6 Å². The third-order valence-electron chi connectivity index (χ3n) is 9.70. The smallest absolute Gasteiger partial charge is 0.120 e. The van der Waals surface area contributed by atoms with Crippen molar-refractivity contribution in [3.8, 4) is 28.3 Å². The van der Waals surface area contributed by atoms with E-state index in [1.54, 1.807) is 0 Å². The van der Waals surface area contributed by atoms with Gasteiger partial charge in [-0.15, -0.1) is 53.6 Å². The first-order valence-electron chi connectivity index (χ1n) is 17.8. The van der Waals surface area contributed by atoms with E-state index in [1.165, 1.54) is 21.5 Å². The molecule has 6 heteroatoms. The molecule has 0 amide bonds. The first-order valence-corrected chi connectivity index (χ1v) is 21.3. The number of benzene rings is 6. The second kappa shape index (κ2) is 14.4. The van der Waals surface area contributed by atoms with Gasteiger partial charge in [0.2, 0.25) is 0 Å². The maximum absolute atomic E-state index is 6.31. The van der Waals surface area contributed by atoms with Crippen molar-refractivity contribution in [1.82, 2.24) is 14.5 Å². The van der Waals surface area contributed by atoms with Gasteiger partial charge in [-0.2, -0.15) is 0 Å². The monoisotopic (exact) mass is 884 g/mol. The first-order chi connectivity index (χ1) is 25.0. The number of pyridine rings is 1. The summed E-state index contributed by atoms with van der Waals surface area (Å²) in [4.78, 5) is 9.64. The summed E-state index contributed by atoms with van der Waals surface area (Å²) in [5.41, 5.74) is 9.16. The van der Waals surface area contributed by atoms with Crippen LogP contribution in [0.4, 0.5) is 0 Å². The van der Waals surface area contributed by atoms with E-state index >= 15 is 0 Å².